The molecule has 0 aliphatic carbocycles. The number of nitrogens with one attached hydrogen (secondary N) is 1. The fraction of sp³-hybridized carbons (Fsp3) is 0.409. The lowest BCUT2D eigenvalue weighted by Gasteiger charge is -2.28. The van der Waals surface area contributed by atoms with E-state index < -0.39 is 5.60 Å². The predicted molar refractivity (Wildman–Crippen MR) is 105 cm³/mol. The molecule has 1 aliphatic rings. The van der Waals surface area contributed by atoms with Gasteiger partial charge in [0.1, 0.15) is 5.60 Å². The molecule has 1 N–H and O–H groups in total. The van der Waals surface area contributed by atoms with E-state index in [0.717, 1.165) is 25.2 Å². The van der Waals surface area contributed by atoms with Gasteiger partial charge in [-0.3, -0.25) is 9.69 Å². The van der Waals surface area contributed by atoms with E-state index in [1.807, 2.05) is 51.1 Å². The van der Waals surface area contributed by atoms with Crippen LogP contribution in [0.3, 0.4) is 0 Å². The Hall–Kier alpha value is -2.33. The second-order valence-electron chi connectivity index (χ2n) is 7.82. The van der Waals surface area contributed by atoms with E-state index in [9.17, 15) is 4.79 Å². The predicted octanol–water partition coefficient (Wildman–Crippen LogP) is 4.04. The zero-order chi connectivity index (χ0) is 18.6. The molecule has 0 aromatic heterocycles. The summed E-state index contributed by atoms with van der Waals surface area (Å²) in [5, 5.41) is 3.48. The summed E-state index contributed by atoms with van der Waals surface area (Å²) in [6, 6.07) is 18.3. The standard InChI is InChI=1S/C22H28N2O2/c1-22(2,3)26-21(25)19(17-9-5-4-6-10-17)16-24-14-13-23-20-12-8-7-11-18(20)15-24/h4-12,19,23H,13-16H2,1-3H3. The summed E-state index contributed by atoms with van der Waals surface area (Å²) in [4.78, 5) is 15.2. The Balaban J connectivity index is 1.80. The molecule has 0 saturated carbocycles. The molecule has 1 heterocycles. The fourth-order valence-corrected chi connectivity index (χ4v) is 3.29. The first kappa shape index (κ1) is 18.5. The molecule has 1 atom stereocenters. The van der Waals surface area contributed by atoms with Crippen molar-refractivity contribution in [1.82, 2.24) is 4.90 Å². The van der Waals surface area contributed by atoms with E-state index in [1.165, 1.54) is 11.3 Å². The van der Waals surface area contributed by atoms with Gasteiger partial charge in [-0.15, -0.1) is 0 Å². The lowest BCUT2D eigenvalue weighted by Crippen LogP contribution is -2.36. The summed E-state index contributed by atoms with van der Waals surface area (Å²) in [7, 11) is 0. The number of rotatable bonds is 4. The molecule has 0 radical (unpaired) electrons. The molecular formula is C22H28N2O2. The first-order chi connectivity index (χ1) is 12.4. The van der Waals surface area contributed by atoms with Gasteiger partial charge in [-0.05, 0) is 38.0 Å². The SMILES string of the molecule is CC(C)(C)OC(=O)C(CN1CCNc2ccccc2C1)c1ccccc1. The van der Waals surface area contributed by atoms with Crippen molar-refractivity contribution >= 4 is 11.7 Å². The van der Waals surface area contributed by atoms with Crippen LogP contribution in [0.25, 0.3) is 0 Å². The summed E-state index contributed by atoms with van der Waals surface area (Å²) < 4.78 is 5.72. The van der Waals surface area contributed by atoms with Crippen molar-refractivity contribution in [2.24, 2.45) is 0 Å². The molecule has 2 aromatic rings. The highest BCUT2D eigenvalue weighted by Gasteiger charge is 2.29. The molecule has 0 amide bonds. The quantitative estimate of drug-likeness (QED) is 0.843. The Morgan fingerprint density at radius 1 is 1.12 bits per heavy atom. The molecule has 26 heavy (non-hydrogen) atoms. The van der Waals surface area contributed by atoms with Crippen molar-refractivity contribution in [2.75, 3.05) is 25.0 Å². The van der Waals surface area contributed by atoms with E-state index in [-0.39, 0.29) is 11.9 Å². The zero-order valence-corrected chi connectivity index (χ0v) is 15.9. The van der Waals surface area contributed by atoms with E-state index >= 15 is 0 Å². The Labute approximate surface area is 156 Å². The molecule has 0 bridgehead atoms. The van der Waals surface area contributed by atoms with Gasteiger partial charge in [0.25, 0.3) is 0 Å². The number of anilines is 1. The Bertz CT molecular complexity index is 737. The molecule has 0 saturated heterocycles. The van der Waals surface area contributed by atoms with Gasteiger partial charge in [0.2, 0.25) is 0 Å². The number of esters is 1. The molecule has 138 valence electrons. The van der Waals surface area contributed by atoms with Crippen molar-refractivity contribution in [3.05, 3.63) is 65.7 Å². The van der Waals surface area contributed by atoms with Crippen LogP contribution in [0.15, 0.2) is 54.6 Å². The van der Waals surface area contributed by atoms with Crippen LogP contribution in [0.2, 0.25) is 0 Å². The van der Waals surface area contributed by atoms with E-state index in [1.54, 1.807) is 0 Å². The largest absolute Gasteiger partial charge is 0.459 e. The van der Waals surface area contributed by atoms with Gasteiger partial charge >= 0.3 is 5.97 Å². The normalized spacial score (nSPS) is 16.1. The highest BCUT2D eigenvalue weighted by molar-refractivity contribution is 5.79. The monoisotopic (exact) mass is 352 g/mol. The maximum Gasteiger partial charge on any atom is 0.315 e. The molecule has 2 aromatic carbocycles. The van der Waals surface area contributed by atoms with Gasteiger partial charge in [0.15, 0.2) is 0 Å². The van der Waals surface area contributed by atoms with E-state index in [0.29, 0.717) is 6.54 Å². The third kappa shape index (κ3) is 4.85. The van der Waals surface area contributed by atoms with Crippen LogP contribution < -0.4 is 5.32 Å². The summed E-state index contributed by atoms with van der Waals surface area (Å²) in [6.45, 7) is 8.98. The third-order valence-electron chi connectivity index (χ3n) is 4.49. The minimum absolute atomic E-state index is 0.158. The van der Waals surface area contributed by atoms with Gasteiger partial charge in [0, 0.05) is 31.9 Å². The summed E-state index contributed by atoms with van der Waals surface area (Å²) >= 11 is 0. The lowest BCUT2D eigenvalue weighted by molar-refractivity contribution is -0.157. The minimum Gasteiger partial charge on any atom is -0.459 e. The van der Waals surface area contributed by atoms with E-state index in [2.05, 4.69) is 34.5 Å². The number of hydrogen-bond donors (Lipinski definition) is 1. The topological polar surface area (TPSA) is 41.6 Å². The number of para-hydroxylation sites is 1. The third-order valence-corrected chi connectivity index (χ3v) is 4.49. The summed E-state index contributed by atoms with van der Waals surface area (Å²) in [5.74, 6) is -0.449. The Kier molecular flexibility index (Phi) is 5.62. The molecule has 1 aliphatic heterocycles. The first-order valence-corrected chi connectivity index (χ1v) is 9.24. The smallest absolute Gasteiger partial charge is 0.315 e. The van der Waals surface area contributed by atoms with Crippen molar-refractivity contribution in [3.8, 4) is 0 Å². The number of hydrogen-bond acceptors (Lipinski definition) is 4. The van der Waals surface area contributed by atoms with E-state index in [4.69, 9.17) is 4.74 Å². The van der Waals surface area contributed by atoms with Gasteiger partial charge in [-0.2, -0.15) is 0 Å². The molecular weight excluding hydrogens is 324 g/mol. The summed E-state index contributed by atoms with van der Waals surface area (Å²) in [6.07, 6.45) is 0. The van der Waals surface area contributed by atoms with Crippen LogP contribution in [-0.2, 0) is 16.1 Å². The number of fused-ring (bicyclic) bond motifs is 1. The molecule has 0 fully saturated rings. The molecule has 4 nitrogen and oxygen atoms in total. The number of ether oxygens (including phenoxy) is 1. The number of carbonyl (C=O) groups excluding carboxylic acids is 1. The maximum absolute atomic E-state index is 12.9. The number of nitrogens with zero attached hydrogens (tertiary/aromatic N) is 1. The van der Waals surface area contributed by atoms with Crippen molar-refractivity contribution < 1.29 is 9.53 Å². The number of benzene rings is 2. The second-order valence-corrected chi connectivity index (χ2v) is 7.82. The van der Waals surface area contributed by atoms with Crippen LogP contribution in [0.5, 0.6) is 0 Å². The minimum atomic E-state index is -0.489. The Morgan fingerprint density at radius 2 is 1.81 bits per heavy atom. The highest BCUT2D eigenvalue weighted by Crippen LogP contribution is 2.25. The average molecular weight is 352 g/mol. The lowest BCUT2D eigenvalue weighted by atomic mass is 9.97. The van der Waals surface area contributed by atoms with Gasteiger partial charge in [-0.1, -0.05) is 48.5 Å². The van der Waals surface area contributed by atoms with Crippen molar-refractivity contribution in [3.63, 3.8) is 0 Å². The highest BCUT2D eigenvalue weighted by atomic mass is 16.6. The number of carbonyl (C=O) groups is 1. The zero-order valence-electron chi connectivity index (χ0n) is 15.9. The van der Waals surface area contributed by atoms with Crippen LogP contribution in [0.4, 0.5) is 5.69 Å². The molecule has 0 spiro atoms. The van der Waals surface area contributed by atoms with Gasteiger partial charge in [-0.25, -0.2) is 0 Å². The Morgan fingerprint density at radius 3 is 2.54 bits per heavy atom. The van der Waals surface area contributed by atoms with Crippen molar-refractivity contribution in [1.29, 1.82) is 0 Å². The maximum atomic E-state index is 12.9. The van der Waals surface area contributed by atoms with Crippen LogP contribution in [-0.4, -0.2) is 36.1 Å². The van der Waals surface area contributed by atoms with Crippen LogP contribution in [0.1, 0.15) is 37.8 Å². The second kappa shape index (κ2) is 7.92. The van der Waals surface area contributed by atoms with Crippen LogP contribution >= 0.6 is 0 Å². The van der Waals surface area contributed by atoms with Gasteiger partial charge < -0.3 is 10.1 Å². The van der Waals surface area contributed by atoms with Crippen LogP contribution in [0, 0.1) is 0 Å². The molecule has 1 unspecified atom stereocenters. The van der Waals surface area contributed by atoms with Crippen molar-refractivity contribution in [2.45, 2.75) is 38.8 Å². The average Bonchev–Trinajstić information content (AvgIpc) is 2.80. The molecule has 4 heteroatoms. The summed E-state index contributed by atoms with van der Waals surface area (Å²) in [5.41, 5.74) is 2.97. The van der Waals surface area contributed by atoms with Gasteiger partial charge in [0.05, 0.1) is 5.92 Å². The molecule has 3 rings (SSSR count). The first-order valence-electron chi connectivity index (χ1n) is 9.24. The fourth-order valence-electron chi connectivity index (χ4n) is 3.29.